The van der Waals surface area contributed by atoms with Crippen molar-refractivity contribution in [2.45, 2.75) is 26.3 Å². The van der Waals surface area contributed by atoms with Crippen LogP contribution in [0.5, 0.6) is 0 Å². The van der Waals surface area contributed by atoms with E-state index in [0.29, 0.717) is 0 Å². The molecule has 1 aliphatic carbocycles. The summed E-state index contributed by atoms with van der Waals surface area (Å²) in [5.74, 6) is 1.79. The lowest BCUT2D eigenvalue weighted by Gasteiger charge is -2.12. The van der Waals surface area contributed by atoms with E-state index < -0.39 is 0 Å². The Bertz CT molecular complexity index is 318. The zero-order valence-corrected chi connectivity index (χ0v) is 9.37. The maximum Gasteiger partial charge on any atom is 0.0359 e. The molecule has 15 heavy (non-hydrogen) atoms. The summed E-state index contributed by atoms with van der Waals surface area (Å²) in [5, 5.41) is 3.48. The third kappa shape index (κ3) is 2.96. The standard InChI is InChI=1S/C13H20N2/c1-10(11-6-7-11)8-15-9-12-4-2-3-5-13(12)14/h2-5,10-11,15H,6-9,14H2,1H3. The van der Waals surface area contributed by atoms with Gasteiger partial charge >= 0.3 is 0 Å². The van der Waals surface area contributed by atoms with E-state index in [1.165, 1.54) is 18.4 Å². The molecule has 2 rings (SSSR count). The smallest absolute Gasteiger partial charge is 0.0359 e. The maximum absolute atomic E-state index is 5.87. The molecular weight excluding hydrogens is 184 g/mol. The van der Waals surface area contributed by atoms with Crippen LogP contribution in [0.15, 0.2) is 24.3 Å². The fraction of sp³-hybridized carbons (Fsp3) is 0.538. The van der Waals surface area contributed by atoms with Gasteiger partial charge in [-0.15, -0.1) is 0 Å². The Labute approximate surface area is 91.9 Å². The highest BCUT2D eigenvalue weighted by atomic mass is 14.9. The number of anilines is 1. The Kier molecular flexibility index (Phi) is 3.27. The zero-order valence-electron chi connectivity index (χ0n) is 9.37. The minimum Gasteiger partial charge on any atom is -0.398 e. The number of rotatable bonds is 5. The number of hydrogen-bond donors (Lipinski definition) is 2. The normalized spacial score (nSPS) is 17.7. The number of nitrogens with one attached hydrogen (secondary N) is 1. The lowest BCUT2D eigenvalue weighted by molar-refractivity contribution is 0.462. The third-order valence-electron chi connectivity index (χ3n) is 3.26. The molecule has 0 heterocycles. The molecule has 1 atom stereocenters. The molecule has 2 heteroatoms. The molecule has 0 radical (unpaired) electrons. The predicted octanol–water partition coefficient (Wildman–Crippen LogP) is 2.40. The van der Waals surface area contributed by atoms with Crippen molar-refractivity contribution >= 4 is 5.69 Å². The maximum atomic E-state index is 5.87. The van der Waals surface area contributed by atoms with Gasteiger partial charge < -0.3 is 11.1 Å². The fourth-order valence-corrected chi connectivity index (χ4v) is 1.96. The Morgan fingerprint density at radius 1 is 1.40 bits per heavy atom. The molecule has 0 saturated heterocycles. The molecule has 1 saturated carbocycles. The lowest BCUT2D eigenvalue weighted by Crippen LogP contribution is -2.22. The largest absolute Gasteiger partial charge is 0.398 e. The summed E-state index contributed by atoms with van der Waals surface area (Å²) in [5.41, 5.74) is 7.97. The van der Waals surface area contributed by atoms with E-state index in [2.05, 4.69) is 18.3 Å². The van der Waals surface area contributed by atoms with E-state index in [0.717, 1.165) is 30.6 Å². The zero-order chi connectivity index (χ0) is 10.7. The monoisotopic (exact) mass is 204 g/mol. The molecule has 0 amide bonds. The van der Waals surface area contributed by atoms with Gasteiger partial charge in [0.25, 0.3) is 0 Å². The van der Waals surface area contributed by atoms with Gasteiger partial charge in [0.2, 0.25) is 0 Å². The van der Waals surface area contributed by atoms with Gasteiger partial charge in [-0.2, -0.15) is 0 Å². The summed E-state index contributed by atoms with van der Waals surface area (Å²) >= 11 is 0. The number of para-hydroxylation sites is 1. The van der Waals surface area contributed by atoms with Gasteiger partial charge in [0, 0.05) is 12.2 Å². The molecule has 1 aliphatic rings. The van der Waals surface area contributed by atoms with E-state index in [9.17, 15) is 0 Å². The molecule has 1 aromatic rings. The predicted molar refractivity (Wildman–Crippen MR) is 64.4 cm³/mol. The van der Waals surface area contributed by atoms with Crippen molar-refractivity contribution in [3.05, 3.63) is 29.8 Å². The number of nitrogens with two attached hydrogens (primary N) is 1. The van der Waals surface area contributed by atoms with E-state index in [-0.39, 0.29) is 0 Å². The third-order valence-corrected chi connectivity index (χ3v) is 3.26. The molecule has 3 N–H and O–H groups in total. The number of benzene rings is 1. The summed E-state index contributed by atoms with van der Waals surface area (Å²) < 4.78 is 0. The summed E-state index contributed by atoms with van der Waals surface area (Å²) in [6.07, 6.45) is 2.85. The molecule has 1 aromatic carbocycles. The Morgan fingerprint density at radius 2 is 2.13 bits per heavy atom. The highest BCUT2D eigenvalue weighted by Crippen LogP contribution is 2.36. The molecular formula is C13H20N2. The average Bonchev–Trinajstić information content (AvgIpc) is 3.04. The molecule has 0 aliphatic heterocycles. The molecule has 0 aromatic heterocycles. The molecule has 1 unspecified atom stereocenters. The Morgan fingerprint density at radius 3 is 2.80 bits per heavy atom. The fourth-order valence-electron chi connectivity index (χ4n) is 1.96. The topological polar surface area (TPSA) is 38.0 Å². The van der Waals surface area contributed by atoms with Crippen LogP contribution >= 0.6 is 0 Å². The van der Waals surface area contributed by atoms with Gasteiger partial charge in [0.1, 0.15) is 0 Å². The minimum absolute atomic E-state index is 0.815. The number of hydrogen-bond acceptors (Lipinski definition) is 2. The first-order valence-corrected chi connectivity index (χ1v) is 5.81. The van der Waals surface area contributed by atoms with E-state index in [4.69, 9.17) is 5.73 Å². The molecule has 0 spiro atoms. The van der Waals surface area contributed by atoms with Gasteiger partial charge in [-0.25, -0.2) is 0 Å². The van der Waals surface area contributed by atoms with Gasteiger partial charge in [-0.05, 0) is 42.9 Å². The summed E-state index contributed by atoms with van der Waals surface area (Å²) in [6.45, 7) is 4.34. The van der Waals surface area contributed by atoms with Gasteiger partial charge in [0.15, 0.2) is 0 Å². The van der Waals surface area contributed by atoms with Crippen LogP contribution in [0.2, 0.25) is 0 Å². The van der Waals surface area contributed by atoms with E-state index in [1.54, 1.807) is 0 Å². The van der Waals surface area contributed by atoms with Crippen molar-refractivity contribution in [3.8, 4) is 0 Å². The van der Waals surface area contributed by atoms with Crippen LogP contribution in [0.3, 0.4) is 0 Å². The summed E-state index contributed by atoms with van der Waals surface area (Å²) in [4.78, 5) is 0. The van der Waals surface area contributed by atoms with E-state index in [1.807, 2.05) is 18.2 Å². The van der Waals surface area contributed by atoms with Crippen LogP contribution in [0.25, 0.3) is 0 Å². The van der Waals surface area contributed by atoms with Crippen LogP contribution in [-0.2, 0) is 6.54 Å². The Balaban J connectivity index is 1.75. The molecule has 0 bridgehead atoms. The second kappa shape index (κ2) is 4.67. The lowest BCUT2D eigenvalue weighted by atomic mass is 10.1. The van der Waals surface area contributed by atoms with Crippen LogP contribution in [-0.4, -0.2) is 6.54 Å². The van der Waals surface area contributed by atoms with Crippen molar-refractivity contribution < 1.29 is 0 Å². The minimum atomic E-state index is 0.815. The summed E-state index contributed by atoms with van der Waals surface area (Å²) in [7, 11) is 0. The van der Waals surface area contributed by atoms with Crippen LogP contribution in [0.4, 0.5) is 5.69 Å². The second-order valence-corrected chi connectivity index (χ2v) is 4.64. The highest BCUT2D eigenvalue weighted by Gasteiger charge is 2.27. The first kappa shape index (κ1) is 10.5. The quantitative estimate of drug-likeness (QED) is 0.723. The van der Waals surface area contributed by atoms with Crippen LogP contribution < -0.4 is 11.1 Å². The second-order valence-electron chi connectivity index (χ2n) is 4.64. The molecule has 1 fully saturated rings. The highest BCUT2D eigenvalue weighted by molar-refractivity contribution is 5.46. The SMILES string of the molecule is CC(CNCc1ccccc1N)C1CC1. The molecule has 82 valence electrons. The molecule has 2 nitrogen and oxygen atoms in total. The van der Waals surface area contributed by atoms with Gasteiger partial charge in [-0.3, -0.25) is 0 Å². The first-order chi connectivity index (χ1) is 7.27. The van der Waals surface area contributed by atoms with Crippen molar-refractivity contribution in [1.82, 2.24) is 5.32 Å². The van der Waals surface area contributed by atoms with Crippen LogP contribution in [0.1, 0.15) is 25.3 Å². The van der Waals surface area contributed by atoms with Crippen molar-refractivity contribution in [1.29, 1.82) is 0 Å². The van der Waals surface area contributed by atoms with Gasteiger partial charge in [-0.1, -0.05) is 25.1 Å². The Hall–Kier alpha value is -1.02. The summed E-state index contributed by atoms with van der Waals surface area (Å²) in [6, 6.07) is 8.06. The van der Waals surface area contributed by atoms with Gasteiger partial charge in [0.05, 0.1) is 0 Å². The van der Waals surface area contributed by atoms with Crippen molar-refractivity contribution in [3.63, 3.8) is 0 Å². The first-order valence-electron chi connectivity index (χ1n) is 5.81. The van der Waals surface area contributed by atoms with Crippen molar-refractivity contribution in [2.24, 2.45) is 11.8 Å². The van der Waals surface area contributed by atoms with Crippen molar-refractivity contribution in [2.75, 3.05) is 12.3 Å². The van der Waals surface area contributed by atoms with E-state index >= 15 is 0 Å². The number of nitrogen functional groups attached to an aromatic ring is 1. The van der Waals surface area contributed by atoms with Crippen LogP contribution in [0, 0.1) is 11.8 Å². The average molecular weight is 204 g/mol.